The lowest BCUT2D eigenvalue weighted by atomic mass is 9.78. The van der Waals surface area contributed by atoms with Gasteiger partial charge in [-0.1, -0.05) is 27.2 Å². The molecule has 1 heterocycles. The molecule has 0 aromatic rings. The van der Waals surface area contributed by atoms with E-state index >= 15 is 0 Å². The zero-order chi connectivity index (χ0) is 10.8. The minimum absolute atomic E-state index is 0.0220. The number of ether oxygens (including phenoxy) is 1. The third-order valence-corrected chi connectivity index (χ3v) is 2.93. The van der Waals surface area contributed by atoms with Crippen molar-refractivity contribution in [1.82, 2.24) is 0 Å². The highest BCUT2D eigenvalue weighted by Crippen LogP contribution is 2.34. The van der Waals surface area contributed by atoms with Crippen molar-refractivity contribution in [3.8, 4) is 0 Å². The van der Waals surface area contributed by atoms with E-state index < -0.39 is 6.10 Å². The van der Waals surface area contributed by atoms with Crippen LogP contribution in [-0.2, 0) is 9.53 Å². The minimum atomic E-state index is -0.516. The van der Waals surface area contributed by atoms with E-state index in [4.69, 9.17) is 4.74 Å². The molecule has 3 heteroatoms. The molecule has 3 nitrogen and oxygen atoms in total. The average Bonchev–Trinajstić information content (AvgIpc) is 2.02. The number of hydrogen-bond donors (Lipinski definition) is 1. The summed E-state index contributed by atoms with van der Waals surface area (Å²) < 4.78 is 5.28. The summed E-state index contributed by atoms with van der Waals surface area (Å²) in [7, 11) is 0. The second kappa shape index (κ2) is 4.30. The predicted molar refractivity (Wildman–Crippen MR) is 53.8 cm³/mol. The SMILES string of the molecule is CCCC(C)(C)C1C[C@@H](O)CC(=O)O1. The fraction of sp³-hybridized carbons (Fsp3) is 0.909. The van der Waals surface area contributed by atoms with Crippen molar-refractivity contribution in [2.75, 3.05) is 0 Å². The van der Waals surface area contributed by atoms with Crippen molar-refractivity contribution in [2.24, 2.45) is 5.41 Å². The van der Waals surface area contributed by atoms with Crippen molar-refractivity contribution in [1.29, 1.82) is 0 Å². The van der Waals surface area contributed by atoms with Gasteiger partial charge >= 0.3 is 5.97 Å². The first kappa shape index (κ1) is 11.5. The lowest BCUT2D eigenvalue weighted by molar-refractivity contribution is -0.169. The molecule has 2 atom stereocenters. The Hall–Kier alpha value is -0.570. The first-order chi connectivity index (χ1) is 6.45. The smallest absolute Gasteiger partial charge is 0.308 e. The van der Waals surface area contributed by atoms with Gasteiger partial charge in [0.1, 0.15) is 6.10 Å². The summed E-state index contributed by atoms with van der Waals surface area (Å²) in [5.41, 5.74) is -0.0220. The Balaban J connectivity index is 2.62. The van der Waals surface area contributed by atoms with E-state index in [0.717, 1.165) is 12.8 Å². The Morgan fingerprint density at radius 2 is 2.21 bits per heavy atom. The second-order valence-corrected chi connectivity index (χ2v) is 4.81. The summed E-state index contributed by atoms with van der Waals surface area (Å²) in [6, 6.07) is 0. The summed E-state index contributed by atoms with van der Waals surface area (Å²) in [6.45, 7) is 6.29. The molecule has 1 unspecified atom stereocenters. The molecule has 14 heavy (non-hydrogen) atoms. The first-order valence-electron chi connectivity index (χ1n) is 5.33. The van der Waals surface area contributed by atoms with Crippen LogP contribution in [0.5, 0.6) is 0 Å². The Labute approximate surface area is 85.5 Å². The van der Waals surface area contributed by atoms with Crippen LogP contribution in [0, 0.1) is 5.41 Å². The molecule has 0 radical (unpaired) electrons. The highest BCUT2D eigenvalue weighted by molar-refractivity contribution is 5.71. The van der Waals surface area contributed by atoms with E-state index in [2.05, 4.69) is 20.8 Å². The molecule has 1 rings (SSSR count). The molecule has 0 saturated carbocycles. The van der Waals surface area contributed by atoms with Crippen LogP contribution < -0.4 is 0 Å². The van der Waals surface area contributed by atoms with Gasteiger partial charge in [-0.2, -0.15) is 0 Å². The van der Waals surface area contributed by atoms with Gasteiger partial charge in [0.25, 0.3) is 0 Å². The number of cyclic esters (lactones) is 1. The first-order valence-corrected chi connectivity index (χ1v) is 5.33. The number of esters is 1. The van der Waals surface area contributed by atoms with Crippen LogP contribution in [-0.4, -0.2) is 23.3 Å². The largest absolute Gasteiger partial charge is 0.462 e. The molecule has 1 aliphatic rings. The van der Waals surface area contributed by atoms with Crippen molar-refractivity contribution in [2.45, 2.75) is 58.7 Å². The number of carbonyl (C=O) groups is 1. The van der Waals surface area contributed by atoms with Crippen LogP contribution in [0.15, 0.2) is 0 Å². The molecule has 0 aromatic carbocycles. The normalized spacial score (nSPS) is 28.7. The molecule has 0 spiro atoms. The Kier molecular flexibility index (Phi) is 3.53. The average molecular weight is 200 g/mol. The van der Waals surface area contributed by atoms with Gasteiger partial charge in [-0.15, -0.1) is 0 Å². The van der Waals surface area contributed by atoms with Crippen LogP contribution in [0.4, 0.5) is 0 Å². The molecule has 0 bridgehead atoms. The monoisotopic (exact) mass is 200 g/mol. The topological polar surface area (TPSA) is 46.5 Å². The Bertz CT molecular complexity index is 211. The van der Waals surface area contributed by atoms with Gasteiger partial charge < -0.3 is 9.84 Å². The maximum absolute atomic E-state index is 11.2. The van der Waals surface area contributed by atoms with Gasteiger partial charge in [-0.3, -0.25) is 4.79 Å². The van der Waals surface area contributed by atoms with Crippen LogP contribution in [0.2, 0.25) is 0 Å². The van der Waals surface area contributed by atoms with E-state index in [0.29, 0.717) is 6.42 Å². The van der Waals surface area contributed by atoms with Gasteiger partial charge in [0.2, 0.25) is 0 Å². The molecule has 1 saturated heterocycles. The Morgan fingerprint density at radius 1 is 1.57 bits per heavy atom. The highest BCUT2D eigenvalue weighted by Gasteiger charge is 2.37. The molecule has 1 fully saturated rings. The maximum atomic E-state index is 11.2. The molecule has 0 aliphatic carbocycles. The molecular weight excluding hydrogens is 180 g/mol. The number of hydrogen-bond acceptors (Lipinski definition) is 3. The summed E-state index contributed by atoms with van der Waals surface area (Å²) >= 11 is 0. The Morgan fingerprint density at radius 3 is 2.71 bits per heavy atom. The van der Waals surface area contributed by atoms with Crippen molar-refractivity contribution < 1.29 is 14.6 Å². The van der Waals surface area contributed by atoms with E-state index in [1.54, 1.807) is 0 Å². The minimum Gasteiger partial charge on any atom is -0.462 e. The van der Waals surface area contributed by atoms with Crippen LogP contribution >= 0.6 is 0 Å². The van der Waals surface area contributed by atoms with Crippen LogP contribution in [0.1, 0.15) is 46.5 Å². The predicted octanol–water partition coefficient (Wildman–Crippen LogP) is 1.88. The summed E-state index contributed by atoms with van der Waals surface area (Å²) in [6.07, 6.45) is 2.17. The second-order valence-electron chi connectivity index (χ2n) is 4.81. The van der Waals surface area contributed by atoms with Crippen LogP contribution in [0.25, 0.3) is 0 Å². The van der Waals surface area contributed by atoms with Gasteiger partial charge in [-0.25, -0.2) is 0 Å². The van der Waals surface area contributed by atoms with Gasteiger partial charge in [0, 0.05) is 11.8 Å². The molecule has 0 amide bonds. The number of carbonyl (C=O) groups excluding carboxylic acids is 1. The zero-order valence-corrected chi connectivity index (χ0v) is 9.25. The molecule has 0 aromatic heterocycles. The zero-order valence-electron chi connectivity index (χ0n) is 9.25. The third kappa shape index (κ3) is 2.71. The lowest BCUT2D eigenvalue weighted by Crippen LogP contribution is -2.41. The summed E-state index contributed by atoms with van der Waals surface area (Å²) in [5, 5.41) is 9.48. The number of aliphatic hydroxyl groups excluding tert-OH is 1. The van der Waals surface area contributed by atoms with Crippen molar-refractivity contribution in [3.63, 3.8) is 0 Å². The number of rotatable bonds is 3. The molecule has 1 aliphatic heterocycles. The standard InChI is InChI=1S/C11H20O3/c1-4-5-11(2,3)9-6-8(12)7-10(13)14-9/h8-9,12H,4-7H2,1-3H3/t8-,9?/m1/s1. The number of aliphatic hydroxyl groups is 1. The van der Waals surface area contributed by atoms with Gasteiger partial charge in [0.05, 0.1) is 12.5 Å². The van der Waals surface area contributed by atoms with Crippen LogP contribution in [0.3, 0.4) is 0 Å². The van der Waals surface area contributed by atoms with E-state index in [9.17, 15) is 9.90 Å². The fourth-order valence-electron chi connectivity index (χ4n) is 2.06. The highest BCUT2D eigenvalue weighted by atomic mass is 16.5. The third-order valence-electron chi connectivity index (χ3n) is 2.93. The van der Waals surface area contributed by atoms with Crippen molar-refractivity contribution >= 4 is 5.97 Å². The van der Waals surface area contributed by atoms with E-state index in [1.165, 1.54) is 0 Å². The summed E-state index contributed by atoms with van der Waals surface area (Å²) in [5.74, 6) is -0.266. The molecular formula is C11H20O3. The maximum Gasteiger partial charge on any atom is 0.308 e. The quantitative estimate of drug-likeness (QED) is 0.707. The van der Waals surface area contributed by atoms with E-state index in [-0.39, 0.29) is 23.9 Å². The van der Waals surface area contributed by atoms with Gasteiger partial charge in [0.15, 0.2) is 0 Å². The van der Waals surface area contributed by atoms with Gasteiger partial charge in [-0.05, 0) is 6.42 Å². The lowest BCUT2D eigenvalue weighted by Gasteiger charge is -2.37. The summed E-state index contributed by atoms with van der Waals surface area (Å²) in [4.78, 5) is 11.2. The van der Waals surface area contributed by atoms with Crippen molar-refractivity contribution in [3.05, 3.63) is 0 Å². The fourth-order valence-corrected chi connectivity index (χ4v) is 2.06. The van der Waals surface area contributed by atoms with E-state index in [1.807, 2.05) is 0 Å². The molecule has 1 N–H and O–H groups in total. The molecule has 82 valence electrons.